The summed E-state index contributed by atoms with van der Waals surface area (Å²) < 4.78 is 29.7. The second kappa shape index (κ2) is 9.44. The van der Waals surface area contributed by atoms with Crippen molar-refractivity contribution in [3.05, 3.63) is 65.7 Å². The van der Waals surface area contributed by atoms with Crippen molar-refractivity contribution in [2.45, 2.75) is 32.7 Å². The number of rotatable bonds is 8. The van der Waals surface area contributed by atoms with Crippen molar-refractivity contribution >= 4 is 15.7 Å². The Kier molecular flexibility index (Phi) is 6.96. The Hall–Kier alpha value is -2.34. The molecular weight excluding hydrogens is 386 g/mol. The van der Waals surface area contributed by atoms with Crippen LogP contribution in [0.1, 0.15) is 31.4 Å². The summed E-state index contributed by atoms with van der Waals surface area (Å²) in [7, 11) is -3.05. The highest BCUT2D eigenvalue weighted by atomic mass is 32.2. The number of nitrogens with zero attached hydrogens (tertiary/aromatic N) is 1. The number of benzene rings is 2. The van der Waals surface area contributed by atoms with Crippen LogP contribution in [0, 0.1) is 5.92 Å². The Morgan fingerprint density at radius 3 is 2.45 bits per heavy atom. The van der Waals surface area contributed by atoms with Crippen molar-refractivity contribution in [3.8, 4) is 5.75 Å². The van der Waals surface area contributed by atoms with Crippen LogP contribution in [0.5, 0.6) is 5.75 Å². The van der Waals surface area contributed by atoms with E-state index < -0.39 is 9.84 Å². The molecule has 0 spiro atoms. The van der Waals surface area contributed by atoms with Crippen LogP contribution in [-0.2, 0) is 21.1 Å². The molecule has 2 aromatic rings. The van der Waals surface area contributed by atoms with Crippen LogP contribution < -0.4 is 4.74 Å². The topological polar surface area (TPSA) is 63.7 Å². The van der Waals surface area contributed by atoms with Gasteiger partial charge in [0, 0.05) is 19.0 Å². The van der Waals surface area contributed by atoms with Gasteiger partial charge in [0.15, 0.2) is 16.4 Å². The molecule has 5 nitrogen and oxygen atoms in total. The molecule has 1 heterocycles. The van der Waals surface area contributed by atoms with E-state index in [4.69, 9.17) is 4.74 Å². The van der Waals surface area contributed by atoms with E-state index in [1.54, 1.807) is 4.90 Å². The van der Waals surface area contributed by atoms with Gasteiger partial charge in [0.2, 0.25) is 0 Å². The summed E-state index contributed by atoms with van der Waals surface area (Å²) in [5.41, 5.74) is 2.19. The molecule has 0 aromatic heterocycles. The van der Waals surface area contributed by atoms with Gasteiger partial charge in [-0.15, -0.1) is 0 Å². The fourth-order valence-corrected chi connectivity index (χ4v) is 5.43. The second-order valence-corrected chi connectivity index (χ2v) is 10.3. The van der Waals surface area contributed by atoms with Crippen molar-refractivity contribution in [3.63, 3.8) is 0 Å². The first-order valence-corrected chi connectivity index (χ1v) is 11.9. The Bertz CT molecular complexity index is 925. The Balaban J connectivity index is 1.68. The molecule has 156 valence electrons. The van der Waals surface area contributed by atoms with Crippen molar-refractivity contribution in [2.24, 2.45) is 5.92 Å². The zero-order chi connectivity index (χ0) is 20.9. The lowest BCUT2D eigenvalue weighted by molar-refractivity contribution is -0.135. The average Bonchev–Trinajstić information content (AvgIpc) is 3.05. The molecule has 1 unspecified atom stereocenters. The van der Waals surface area contributed by atoms with E-state index in [1.165, 1.54) is 5.56 Å². The Labute approximate surface area is 173 Å². The third-order valence-corrected chi connectivity index (χ3v) is 6.84. The monoisotopic (exact) mass is 415 g/mol. The lowest BCUT2D eigenvalue weighted by Gasteiger charge is -2.30. The molecule has 29 heavy (non-hydrogen) atoms. The van der Waals surface area contributed by atoms with E-state index in [1.807, 2.05) is 56.3 Å². The molecule has 0 radical (unpaired) electrons. The van der Waals surface area contributed by atoms with E-state index in [2.05, 4.69) is 12.1 Å². The third kappa shape index (κ3) is 6.07. The van der Waals surface area contributed by atoms with E-state index in [9.17, 15) is 13.2 Å². The van der Waals surface area contributed by atoms with Crippen LogP contribution in [-0.4, -0.2) is 49.9 Å². The number of para-hydroxylation sites is 1. The minimum atomic E-state index is -3.05. The number of ether oxygens (including phenoxy) is 1. The van der Waals surface area contributed by atoms with Crippen molar-refractivity contribution in [2.75, 3.05) is 24.7 Å². The molecule has 6 heteroatoms. The standard InChI is InChI=1S/C23H29NO4S/c1-18(2)15-24(21-12-13-29(26,27)17-21)23(25)16-28-22-11-7-6-10-20(22)14-19-8-4-3-5-9-19/h3-11,18,21H,12-17H2,1-2H3. The lowest BCUT2D eigenvalue weighted by atomic mass is 10.0. The maximum Gasteiger partial charge on any atom is 0.260 e. The normalized spacial score (nSPS) is 18.0. The minimum Gasteiger partial charge on any atom is -0.483 e. The molecule has 0 aliphatic carbocycles. The van der Waals surface area contributed by atoms with Gasteiger partial charge in [-0.25, -0.2) is 8.42 Å². The summed E-state index contributed by atoms with van der Waals surface area (Å²) in [5, 5.41) is 0. The predicted octanol–water partition coefficient (Wildman–Crippen LogP) is 3.33. The second-order valence-electron chi connectivity index (χ2n) is 8.06. The summed E-state index contributed by atoms with van der Waals surface area (Å²) in [6.07, 6.45) is 1.23. The van der Waals surface area contributed by atoms with E-state index >= 15 is 0 Å². The summed E-state index contributed by atoms with van der Waals surface area (Å²) in [6, 6.07) is 17.6. The van der Waals surface area contributed by atoms with Gasteiger partial charge >= 0.3 is 0 Å². The molecule has 2 aromatic carbocycles. The fraction of sp³-hybridized carbons (Fsp3) is 0.435. The molecule has 0 saturated carbocycles. The van der Waals surface area contributed by atoms with Crippen LogP contribution in [0.15, 0.2) is 54.6 Å². The smallest absolute Gasteiger partial charge is 0.260 e. The quantitative estimate of drug-likeness (QED) is 0.663. The summed E-state index contributed by atoms with van der Waals surface area (Å²) in [4.78, 5) is 14.6. The van der Waals surface area contributed by atoms with Gasteiger partial charge in [0.1, 0.15) is 5.75 Å². The van der Waals surface area contributed by atoms with Crippen LogP contribution >= 0.6 is 0 Å². The number of hydrogen-bond acceptors (Lipinski definition) is 4. The number of hydrogen-bond donors (Lipinski definition) is 0. The third-order valence-electron chi connectivity index (χ3n) is 5.09. The molecule has 3 rings (SSSR count). The summed E-state index contributed by atoms with van der Waals surface area (Å²) in [6.45, 7) is 4.50. The maximum atomic E-state index is 12.9. The molecule has 1 aliphatic rings. The van der Waals surface area contributed by atoms with Crippen molar-refractivity contribution in [1.82, 2.24) is 4.90 Å². The van der Waals surface area contributed by atoms with Gasteiger partial charge in [0.05, 0.1) is 11.5 Å². The molecule has 1 fully saturated rings. The predicted molar refractivity (Wildman–Crippen MR) is 115 cm³/mol. The first kappa shape index (κ1) is 21.4. The van der Waals surface area contributed by atoms with E-state index in [0.717, 1.165) is 12.0 Å². The van der Waals surface area contributed by atoms with Crippen LogP contribution in [0.3, 0.4) is 0 Å². The van der Waals surface area contributed by atoms with E-state index in [-0.39, 0.29) is 36.0 Å². The van der Waals surface area contributed by atoms with Crippen LogP contribution in [0.2, 0.25) is 0 Å². The molecule has 1 amide bonds. The molecule has 1 aliphatic heterocycles. The highest BCUT2D eigenvalue weighted by Crippen LogP contribution is 2.23. The number of amides is 1. The van der Waals surface area contributed by atoms with Gasteiger partial charge < -0.3 is 9.64 Å². The molecule has 1 saturated heterocycles. The SMILES string of the molecule is CC(C)CN(C(=O)COc1ccccc1Cc1ccccc1)C1CCS(=O)(=O)C1. The van der Waals surface area contributed by atoms with Crippen LogP contribution in [0.4, 0.5) is 0 Å². The highest BCUT2D eigenvalue weighted by molar-refractivity contribution is 7.91. The Morgan fingerprint density at radius 1 is 1.10 bits per heavy atom. The van der Waals surface area contributed by atoms with Gasteiger partial charge in [-0.1, -0.05) is 62.4 Å². The summed E-state index contributed by atoms with van der Waals surface area (Å²) >= 11 is 0. The summed E-state index contributed by atoms with van der Waals surface area (Å²) in [5.74, 6) is 0.993. The number of carbonyl (C=O) groups is 1. The number of carbonyl (C=O) groups excluding carboxylic acids is 1. The lowest BCUT2D eigenvalue weighted by Crippen LogP contribution is -2.45. The van der Waals surface area contributed by atoms with Gasteiger partial charge in [0.25, 0.3) is 5.91 Å². The highest BCUT2D eigenvalue weighted by Gasteiger charge is 2.35. The minimum absolute atomic E-state index is 0.0516. The Morgan fingerprint density at radius 2 is 1.79 bits per heavy atom. The average molecular weight is 416 g/mol. The van der Waals surface area contributed by atoms with E-state index in [0.29, 0.717) is 18.7 Å². The van der Waals surface area contributed by atoms with Gasteiger partial charge in [-0.2, -0.15) is 0 Å². The van der Waals surface area contributed by atoms with Crippen molar-refractivity contribution in [1.29, 1.82) is 0 Å². The van der Waals surface area contributed by atoms with Crippen molar-refractivity contribution < 1.29 is 17.9 Å². The zero-order valence-electron chi connectivity index (χ0n) is 17.1. The fourth-order valence-electron chi connectivity index (χ4n) is 3.70. The molecular formula is C23H29NO4S. The van der Waals surface area contributed by atoms with Crippen LogP contribution in [0.25, 0.3) is 0 Å². The number of sulfone groups is 1. The zero-order valence-corrected chi connectivity index (χ0v) is 17.9. The first-order chi connectivity index (χ1) is 13.8. The molecule has 0 N–H and O–H groups in total. The largest absolute Gasteiger partial charge is 0.483 e. The maximum absolute atomic E-state index is 12.9. The first-order valence-electron chi connectivity index (χ1n) is 10.1. The van der Waals surface area contributed by atoms with Gasteiger partial charge in [-0.05, 0) is 29.5 Å². The molecule has 0 bridgehead atoms. The van der Waals surface area contributed by atoms with Gasteiger partial charge in [-0.3, -0.25) is 4.79 Å². The molecule has 1 atom stereocenters.